The van der Waals surface area contributed by atoms with Gasteiger partial charge in [-0.05, 0) is 38.6 Å². The Morgan fingerprint density at radius 1 is 1.10 bits per heavy atom. The molecule has 1 amide bonds. The molecule has 1 N–H and O–H groups in total. The summed E-state index contributed by atoms with van der Waals surface area (Å²) in [4.78, 5) is 14.6. The Labute approximate surface area is 124 Å². The van der Waals surface area contributed by atoms with Gasteiger partial charge < -0.3 is 10.2 Å². The first kappa shape index (κ1) is 15.8. The van der Waals surface area contributed by atoms with Gasteiger partial charge in [0, 0.05) is 25.0 Å². The molecule has 1 aliphatic heterocycles. The fourth-order valence-electron chi connectivity index (χ4n) is 3.18. The van der Waals surface area contributed by atoms with Gasteiger partial charge in [-0.3, -0.25) is 4.79 Å². The molecule has 0 aromatic carbocycles. The van der Waals surface area contributed by atoms with Crippen LogP contribution in [0.4, 0.5) is 0 Å². The zero-order valence-corrected chi connectivity index (χ0v) is 13.2. The first-order valence-electron chi connectivity index (χ1n) is 8.84. The highest BCUT2D eigenvalue weighted by Crippen LogP contribution is 2.28. The smallest absolute Gasteiger partial charge is 0.222 e. The van der Waals surface area contributed by atoms with Crippen molar-refractivity contribution < 1.29 is 4.79 Å². The van der Waals surface area contributed by atoms with E-state index in [2.05, 4.69) is 17.1 Å². The number of hydrogen-bond acceptors (Lipinski definition) is 2. The van der Waals surface area contributed by atoms with Gasteiger partial charge in [0.15, 0.2) is 0 Å². The monoisotopic (exact) mass is 280 g/mol. The number of carbonyl (C=O) groups excluding carboxylic acids is 1. The van der Waals surface area contributed by atoms with Crippen LogP contribution >= 0.6 is 0 Å². The van der Waals surface area contributed by atoms with Crippen molar-refractivity contribution in [3.05, 3.63) is 0 Å². The van der Waals surface area contributed by atoms with E-state index >= 15 is 0 Å². The summed E-state index contributed by atoms with van der Waals surface area (Å²) >= 11 is 0. The molecule has 0 bridgehead atoms. The Hall–Kier alpha value is -0.570. The van der Waals surface area contributed by atoms with Gasteiger partial charge in [0.25, 0.3) is 0 Å². The maximum atomic E-state index is 12.4. The number of unbranched alkanes of at least 4 members (excludes halogenated alkanes) is 4. The number of nitrogens with one attached hydrogen (secondary N) is 1. The molecule has 1 heterocycles. The van der Waals surface area contributed by atoms with Crippen molar-refractivity contribution in [2.24, 2.45) is 0 Å². The van der Waals surface area contributed by atoms with E-state index < -0.39 is 0 Å². The lowest BCUT2D eigenvalue weighted by molar-refractivity contribution is -0.132. The molecule has 2 rings (SSSR count). The second-order valence-corrected chi connectivity index (χ2v) is 6.59. The molecule has 2 aliphatic rings. The Bertz CT molecular complexity index is 283. The fourth-order valence-corrected chi connectivity index (χ4v) is 3.18. The molecule has 3 heteroatoms. The van der Waals surface area contributed by atoms with Crippen molar-refractivity contribution >= 4 is 5.91 Å². The minimum Gasteiger partial charge on any atom is -0.338 e. The van der Waals surface area contributed by atoms with E-state index in [0.717, 1.165) is 25.9 Å². The highest BCUT2D eigenvalue weighted by atomic mass is 16.2. The van der Waals surface area contributed by atoms with Gasteiger partial charge in [0.1, 0.15) is 0 Å². The number of hydrogen-bond donors (Lipinski definition) is 1. The minimum atomic E-state index is 0.413. The maximum absolute atomic E-state index is 12.4. The van der Waals surface area contributed by atoms with E-state index in [1.807, 2.05) is 0 Å². The van der Waals surface area contributed by atoms with E-state index in [-0.39, 0.29) is 0 Å². The topological polar surface area (TPSA) is 32.3 Å². The Balaban J connectivity index is 1.68. The lowest BCUT2D eigenvalue weighted by Crippen LogP contribution is -2.46. The zero-order chi connectivity index (χ0) is 14.2. The number of rotatable bonds is 9. The third-order valence-electron chi connectivity index (χ3n) is 4.63. The van der Waals surface area contributed by atoms with Crippen LogP contribution in [0.5, 0.6) is 0 Å². The van der Waals surface area contributed by atoms with Crippen LogP contribution in [0.2, 0.25) is 0 Å². The third-order valence-corrected chi connectivity index (χ3v) is 4.63. The van der Waals surface area contributed by atoms with E-state index in [9.17, 15) is 4.79 Å². The predicted molar refractivity (Wildman–Crippen MR) is 83.8 cm³/mol. The molecule has 3 nitrogen and oxygen atoms in total. The quantitative estimate of drug-likeness (QED) is 0.656. The SMILES string of the molecule is CCCCCCCC(=O)N(CC1CCCCN1)C1CC1. The van der Waals surface area contributed by atoms with Crippen LogP contribution in [0.15, 0.2) is 0 Å². The number of amides is 1. The van der Waals surface area contributed by atoms with Gasteiger partial charge in [-0.1, -0.05) is 39.0 Å². The summed E-state index contributed by atoms with van der Waals surface area (Å²) in [7, 11) is 0. The van der Waals surface area contributed by atoms with E-state index in [1.165, 1.54) is 57.8 Å². The van der Waals surface area contributed by atoms with Crippen molar-refractivity contribution in [3.8, 4) is 0 Å². The van der Waals surface area contributed by atoms with Crippen LogP contribution < -0.4 is 5.32 Å². The van der Waals surface area contributed by atoms with Crippen molar-refractivity contribution in [2.45, 2.75) is 89.6 Å². The molecule has 0 spiro atoms. The maximum Gasteiger partial charge on any atom is 0.222 e. The average Bonchev–Trinajstić information content (AvgIpc) is 3.30. The summed E-state index contributed by atoms with van der Waals surface area (Å²) < 4.78 is 0. The van der Waals surface area contributed by atoms with Crippen molar-refractivity contribution in [1.29, 1.82) is 0 Å². The summed E-state index contributed by atoms with van der Waals surface area (Å²) in [6.45, 7) is 4.32. The molecule has 116 valence electrons. The van der Waals surface area contributed by atoms with E-state index in [0.29, 0.717) is 18.0 Å². The van der Waals surface area contributed by atoms with Gasteiger partial charge in [-0.25, -0.2) is 0 Å². The fraction of sp³-hybridized carbons (Fsp3) is 0.941. The number of piperidine rings is 1. The first-order valence-corrected chi connectivity index (χ1v) is 8.84. The summed E-state index contributed by atoms with van der Waals surface area (Å²) in [6, 6.07) is 1.12. The van der Waals surface area contributed by atoms with Crippen molar-refractivity contribution in [1.82, 2.24) is 10.2 Å². The molecule has 20 heavy (non-hydrogen) atoms. The second kappa shape index (κ2) is 8.66. The largest absolute Gasteiger partial charge is 0.338 e. The average molecular weight is 280 g/mol. The summed E-state index contributed by atoms with van der Waals surface area (Å²) in [6.07, 6.45) is 13.3. The molecule has 1 unspecified atom stereocenters. The van der Waals surface area contributed by atoms with Crippen LogP contribution in [-0.2, 0) is 4.79 Å². The van der Waals surface area contributed by atoms with Crippen LogP contribution in [0.1, 0.15) is 77.6 Å². The highest BCUT2D eigenvalue weighted by Gasteiger charge is 2.33. The van der Waals surface area contributed by atoms with Gasteiger partial charge in [-0.2, -0.15) is 0 Å². The zero-order valence-electron chi connectivity index (χ0n) is 13.2. The molecule has 0 radical (unpaired) electrons. The standard InChI is InChI=1S/C17H32N2O/c1-2-3-4-5-6-10-17(20)19(16-11-12-16)14-15-9-7-8-13-18-15/h15-16,18H,2-14H2,1H3. The van der Waals surface area contributed by atoms with Crippen molar-refractivity contribution in [2.75, 3.05) is 13.1 Å². The Kier molecular flexibility index (Phi) is 6.85. The molecule has 1 aliphatic carbocycles. The second-order valence-electron chi connectivity index (χ2n) is 6.59. The van der Waals surface area contributed by atoms with Gasteiger partial charge in [-0.15, -0.1) is 0 Å². The summed E-state index contributed by atoms with van der Waals surface area (Å²) in [5, 5.41) is 3.58. The molecule has 1 saturated heterocycles. The van der Waals surface area contributed by atoms with Crippen LogP contribution in [0, 0.1) is 0 Å². The lowest BCUT2D eigenvalue weighted by atomic mass is 10.0. The van der Waals surface area contributed by atoms with Gasteiger partial charge in [0.05, 0.1) is 0 Å². The molecule has 1 saturated carbocycles. The Morgan fingerprint density at radius 3 is 2.55 bits per heavy atom. The van der Waals surface area contributed by atoms with E-state index in [1.54, 1.807) is 0 Å². The minimum absolute atomic E-state index is 0.413. The molecule has 0 aromatic heterocycles. The third kappa shape index (κ3) is 5.43. The van der Waals surface area contributed by atoms with Crippen molar-refractivity contribution in [3.63, 3.8) is 0 Å². The van der Waals surface area contributed by atoms with Gasteiger partial charge in [0.2, 0.25) is 5.91 Å². The van der Waals surface area contributed by atoms with E-state index in [4.69, 9.17) is 0 Å². The molecular formula is C17H32N2O. The molecule has 0 aromatic rings. The summed E-state index contributed by atoms with van der Waals surface area (Å²) in [5.41, 5.74) is 0. The van der Waals surface area contributed by atoms with Crippen LogP contribution in [0.25, 0.3) is 0 Å². The van der Waals surface area contributed by atoms with Crippen LogP contribution in [-0.4, -0.2) is 36.0 Å². The number of nitrogens with zero attached hydrogens (tertiary/aromatic N) is 1. The number of carbonyl (C=O) groups is 1. The normalized spacial score (nSPS) is 22.8. The molecular weight excluding hydrogens is 248 g/mol. The summed E-state index contributed by atoms with van der Waals surface area (Å²) in [5.74, 6) is 0.413. The van der Waals surface area contributed by atoms with Crippen LogP contribution in [0.3, 0.4) is 0 Å². The first-order chi connectivity index (χ1) is 9.81. The highest BCUT2D eigenvalue weighted by molar-refractivity contribution is 5.76. The lowest BCUT2D eigenvalue weighted by Gasteiger charge is -2.31. The predicted octanol–water partition coefficient (Wildman–Crippen LogP) is 3.48. The van der Waals surface area contributed by atoms with Gasteiger partial charge >= 0.3 is 0 Å². The Morgan fingerprint density at radius 2 is 1.90 bits per heavy atom. The molecule has 2 fully saturated rings. The molecule has 1 atom stereocenters.